The van der Waals surface area contributed by atoms with Crippen molar-refractivity contribution >= 4 is 17.4 Å². The largest absolute Gasteiger partial charge is 0.326 e. The lowest BCUT2D eigenvalue weighted by atomic mass is 10.2. The van der Waals surface area contributed by atoms with Gasteiger partial charge in [0, 0.05) is 30.9 Å². The molecule has 4 nitrogen and oxygen atoms in total. The number of amides is 1. The Morgan fingerprint density at radius 2 is 1.93 bits per heavy atom. The van der Waals surface area contributed by atoms with Crippen LogP contribution in [0.3, 0.4) is 0 Å². The number of rotatable bonds is 4. The van der Waals surface area contributed by atoms with Crippen LogP contribution in [0.15, 0.2) is 24.5 Å². The third-order valence-corrected chi connectivity index (χ3v) is 1.67. The van der Waals surface area contributed by atoms with Crippen molar-refractivity contribution < 1.29 is 9.59 Å². The summed E-state index contributed by atoms with van der Waals surface area (Å²) in [4.78, 5) is 25.7. The number of nitrogens with one attached hydrogen (secondary N) is 1. The second-order valence-electron chi connectivity index (χ2n) is 2.99. The zero-order valence-electron chi connectivity index (χ0n) is 7.99. The molecule has 14 heavy (non-hydrogen) atoms. The number of nitrogens with zero attached hydrogens (tertiary/aromatic N) is 1. The van der Waals surface area contributed by atoms with Crippen LogP contribution in [0.2, 0.25) is 0 Å². The molecule has 0 spiro atoms. The molecule has 74 valence electrons. The molecule has 0 aromatic carbocycles. The maximum absolute atomic E-state index is 11.2. The van der Waals surface area contributed by atoms with Gasteiger partial charge in [-0.05, 0) is 19.1 Å². The van der Waals surface area contributed by atoms with Crippen molar-refractivity contribution in [3.8, 4) is 0 Å². The summed E-state index contributed by atoms with van der Waals surface area (Å²) in [6, 6.07) is 3.40. The van der Waals surface area contributed by atoms with Crippen molar-refractivity contribution in [3.05, 3.63) is 24.5 Å². The molecular weight excluding hydrogens is 180 g/mol. The van der Waals surface area contributed by atoms with Gasteiger partial charge in [-0.3, -0.25) is 9.78 Å². The van der Waals surface area contributed by atoms with E-state index in [4.69, 9.17) is 0 Å². The van der Waals surface area contributed by atoms with E-state index in [9.17, 15) is 9.59 Å². The number of pyridine rings is 1. The van der Waals surface area contributed by atoms with Crippen molar-refractivity contribution in [2.24, 2.45) is 0 Å². The van der Waals surface area contributed by atoms with Crippen LogP contribution >= 0.6 is 0 Å². The van der Waals surface area contributed by atoms with Gasteiger partial charge in [0.2, 0.25) is 5.91 Å². The molecule has 0 atom stereocenters. The Balaban J connectivity index is 2.38. The van der Waals surface area contributed by atoms with Crippen LogP contribution in [0.5, 0.6) is 0 Å². The maximum Gasteiger partial charge on any atom is 0.224 e. The lowest BCUT2D eigenvalue weighted by molar-refractivity contribution is -0.121. The first-order valence-electron chi connectivity index (χ1n) is 4.38. The second-order valence-corrected chi connectivity index (χ2v) is 2.99. The molecule has 0 radical (unpaired) electrons. The van der Waals surface area contributed by atoms with E-state index in [1.165, 1.54) is 6.92 Å². The second kappa shape index (κ2) is 5.11. The molecular formula is C10H12N2O2. The van der Waals surface area contributed by atoms with Crippen LogP contribution in [0.25, 0.3) is 0 Å². The van der Waals surface area contributed by atoms with Gasteiger partial charge < -0.3 is 10.1 Å². The molecule has 0 unspecified atom stereocenters. The monoisotopic (exact) mass is 192 g/mol. The fourth-order valence-electron chi connectivity index (χ4n) is 0.948. The van der Waals surface area contributed by atoms with Gasteiger partial charge in [0.1, 0.15) is 5.78 Å². The van der Waals surface area contributed by atoms with Crippen LogP contribution in [-0.2, 0) is 9.59 Å². The van der Waals surface area contributed by atoms with Gasteiger partial charge >= 0.3 is 0 Å². The molecule has 0 fully saturated rings. The van der Waals surface area contributed by atoms with E-state index < -0.39 is 0 Å². The van der Waals surface area contributed by atoms with Gasteiger partial charge in [0.25, 0.3) is 0 Å². The van der Waals surface area contributed by atoms with Crippen LogP contribution < -0.4 is 5.32 Å². The zero-order chi connectivity index (χ0) is 10.4. The summed E-state index contributed by atoms with van der Waals surface area (Å²) in [7, 11) is 0. The Morgan fingerprint density at radius 1 is 1.29 bits per heavy atom. The van der Waals surface area contributed by atoms with E-state index in [1.807, 2.05) is 0 Å². The molecule has 1 amide bonds. The number of aromatic nitrogens is 1. The van der Waals surface area contributed by atoms with Gasteiger partial charge in [-0.1, -0.05) is 0 Å². The number of Topliss-reactive ketones (excluding diaryl/α,β-unsaturated/α-hetero) is 1. The summed E-state index contributed by atoms with van der Waals surface area (Å²) in [5, 5.41) is 2.67. The predicted octanol–water partition coefficient (Wildman–Crippen LogP) is 1.39. The molecule has 1 rings (SSSR count). The number of carbonyl (C=O) groups is 2. The van der Waals surface area contributed by atoms with Gasteiger partial charge in [0.05, 0.1) is 0 Å². The van der Waals surface area contributed by atoms with Gasteiger partial charge in [0.15, 0.2) is 0 Å². The normalized spacial score (nSPS) is 9.50. The van der Waals surface area contributed by atoms with E-state index in [0.29, 0.717) is 5.69 Å². The van der Waals surface area contributed by atoms with E-state index in [0.717, 1.165) is 0 Å². The minimum atomic E-state index is -0.147. The van der Waals surface area contributed by atoms with Crippen molar-refractivity contribution in [2.75, 3.05) is 5.32 Å². The number of anilines is 1. The molecule has 0 saturated heterocycles. The van der Waals surface area contributed by atoms with Crippen LogP contribution in [0.1, 0.15) is 19.8 Å². The first kappa shape index (κ1) is 10.4. The fraction of sp³-hybridized carbons (Fsp3) is 0.300. The van der Waals surface area contributed by atoms with E-state index in [-0.39, 0.29) is 24.5 Å². The highest BCUT2D eigenvalue weighted by Crippen LogP contribution is 2.04. The quantitative estimate of drug-likeness (QED) is 0.784. The van der Waals surface area contributed by atoms with Crippen molar-refractivity contribution in [3.63, 3.8) is 0 Å². The lowest BCUT2D eigenvalue weighted by Crippen LogP contribution is -2.12. The first-order chi connectivity index (χ1) is 6.68. The Morgan fingerprint density at radius 3 is 2.50 bits per heavy atom. The summed E-state index contributed by atoms with van der Waals surface area (Å²) in [6.45, 7) is 1.47. The molecule has 0 saturated carbocycles. The van der Waals surface area contributed by atoms with Crippen LogP contribution in [0, 0.1) is 0 Å². The minimum Gasteiger partial charge on any atom is -0.326 e. The fourth-order valence-corrected chi connectivity index (χ4v) is 0.948. The van der Waals surface area contributed by atoms with E-state index in [2.05, 4.69) is 10.3 Å². The van der Waals surface area contributed by atoms with Gasteiger partial charge in [-0.15, -0.1) is 0 Å². The highest BCUT2D eigenvalue weighted by molar-refractivity contribution is 5.93. The summed E-state index contributed by atoms with van der Waals surface area (Å²) in [6.07, 6.45) is 3.72. The lowest BCUT2D eigenvalue weighted by Gasteiger charge is -2.02. The third-order valence-electron chi connectivity index (χ3n) is 1.67. The van der Waals surface area contributed by atoms with Gasteiger partial charge in [-0.2, -0.15) is 0 Å². The zero-order valence-corrected chi connectivity index (χ0v) is 7.99. The summed E-state index contributed by atoms with van der Waals surface area (Å²) in [5.41, 5.74) is 0.702. The van der Waals surface area contributed by atoms with Crippen molar-refractivity contribution in [2.45, 2.75) is 19.8 Å². The SMILES string of the molecule is CC(=O)CCC(=O)Nc1ccncc1. The molecule has 1 aromatic heterocycles. The van der Waals surface area contributed by atoms with Gasteiger partial charge in [-0.25, -0.2) is 0 Å². The topological polar surface area (TPSA) is 59.1 Å². The third kappa shape index (κ3) is 3.80. The van der Waals surface area contributed by atoms with Crippen molar-refractivity contribution in [1.82, 2.24) is 4.98 Å². The Labute approximate surface area is 82.3 Å². The standard InChI is InChI=1S/C10H12N2O2/c1-8(13)2-3-10(14)12-9-4-6-11-7-5-9/h4-7H,2-3H2,1H3,(H,11,12,14). The molecule has 0 aliphatic heterocycles. The summed E-state index contributed by atoms with van der Waals surface area (Å²) >= 11 is 0. The van der Waals surface area contributed by atoms with E-state index in [1.54, 1.807) is 24.5 Å². The predicted molar refractivity (Wildman–Crippen MR) is 52.8 cm³/mol. The Bertz CT molecular complexity index is 322. The first-order valence-corrected chi connectivity index (χ1v) is 4.38. The van der Waals surface area contributed by atoms with Crippen molar-refractivity contribution in [1.29, 1.82) is 0 Å². The highest BCUT2D eigenvalue weighted by atomic mass is 16.2. The van der Waals surface area contributed by atoms with E-state index >= 15 is 0 Å². The maximum atomic E-state index is 11.2. The Hall–Kier alpha value is -1.71. The minimum absolute atomic E-state index is 0.0230. The molecule has 0 aliphatic rings. The van der Waals surface area contributed by atoms with Crippen LogP contribution in [0.4, 0.5) is 5.69 Å². The number of ketones is 1. The summed E-state index contributed by atoms with van der Waals surface area (Å²) < 4.78 is 0. The highest BCUT2D eigenvalue weighted by Gasteiger charge is 2.03. The average molecular weight is 192 g/mol. The molecule has 1 N–H and O–H groups in total. The molecule has 1 heterocycles. The number of hydrogen-bond acceptors (Lipinski definition) is 3. The number of hydrogen-bond donors (Lipinski definition) is 1. The Kier molecular flexibility index (Phi) is 3.79. The molecule has 0 bridgehead atoms. The molecule has 0 aliphatic carbocycles. The smallest absolute Gasteiger partial charge is 0.224 e. The number of carbonyl (C=O) groups excluding carboxylic acids is 2. The average Bonchev–Trinajstić information content (AvgIpc) is 2.16. The summed E-state index contributed by atoms with van der Waals surface area (Å²) in [5.74, 6) is -0.124. The van der Waals surface area contributed by atoms with Crippen LogP contribution in [-0.4, -0.2) is 16.7 Å². The molecule has 1 aromatic rings. The molecule has 4 heteroatoms.